The van der Waals surface area contributed by atoms with Crippen LogP contribution in [0.1, 0.15) is 63.6 Å². The Morgan fingerprint density at radius 1 is 1.44 bits per heavy atom. The maximum atomic E-state index is 6.25. The van der Waals surface area contributed by atoms with E-state index in [1.165, 1.54) is 12.8 Å². The van der Waals surface area contributed by atoms with Crippen LogP contribution < -0.4 is 5.73 Å². The van der Waals surface area contributed by atoms with Crippen molar-refractivity contribution >= 4 is 12.4 Å². The fourth-order valence-corrected chi connectivity index (χ4v) is 2.04. The first-order chi connectivity index (χ1) is 7.15. The molecular weight excluding hydrogens is 226 g/mol. The lowest BCUT2D eigenvalue weighted by Gasteiger charge is -2.17. The van der Waals surface area contributed by atoms with Crippen molar-refractivity contribution in [3.8, 4) is 0 Å². The molecule has 16 heavy (non-hydrogen) atoms. The Labute approximate surface area is 102 Å². The normalized spacial score (nSPS) is 20.4. The van der Waals surface area contributed by atoms with Gasteiger partial charge in [-0.2, -0.15) is 4.98 Å². The maximum absolute atomic E-state index is 6.25. The highest BCUT2D eigenvalue weighted by Gasteiger charge is 2.36. The average molecular weight is 246 g/mol. The van der Waals surface area contributed by atoms with E-state index >= 15 is 0 Å². The first-order valence-electron chi connectivity index (χ1n) is 5.78. The molecule has 1 atom stereocenters. The summed E-state index contributed by atoms with van der Waals surface area (Å²) in [6.07, 6.45) is 5.31. The molecule has 0 aromatic carbocycles. The van der Waals surface area contributed by atoms with E-state index in [4.69, 9.17) is 10.3 Å². The highest BCUT2D eigenvalue weighted by Crippen LogP contribution is 2.35. The second kappa shape index (κ2) is 5.15. The standard InChI is InChI=1S/C11H19N3O.ClH/c1-3-8(2)9-13-10(14-15-9)11(12)6-4-5-7-11;/h8H,3-7,12H2,1-2H3;1H. The molecule has 1 aliphatic rings. The molecular formula is C11H20ClN3O. The van der Waals surface area contributed by atoms with Crippen molar-refractivity contribution in [1.82, 2.24) is 10.1 Å². The first-order valence-corrected chi connectivity index (χ1v) is 5.78. The van der Waals surface area contributed by atoms with Crippen LogP contribution in [0.25, 0.3) is 0 Å². The third kappa shape index (κ3) is 2.38. The second-order valence-electron chi connectivity index (χ2n) is 4.63. The van der Waals surface area contributed by atoms with Gasteiger partial charge >= 0.3 is 0 Å². The predicted molar refractivity (Wildman–Crippen MR) is 64.6 cm³/mol. The van der Waals surface area contributed by atoms with Crippen LogP contribution in [0, 0.1) is 0 Å². The zero-order valence-electron chi connectivity index (χ0n) is 9.90. The highest BCUT2D eigenvalue weighted by molar-refractivity contribution is 5.85. The fourth-order valence-electron chi connectivity index (χ4n) is 2.04. The Morgan fingerprint density at radius 3 is 2.62 bits per heavy atom. The summed E-state index contributed by atoms with van der Waals surface area (Å²) >= 11 is 0. The Hall–Kier alpha value is -0.610. The number of hydrogen-bond donors (Lipinski definition) is 1. The molecule has 1 unspecified atom stereocenters. The summed E-state index contributed by atoms with van der Waals surface area (Å²) in [5.74, 6) is 1.76. The van der Waals surface area contributed by atoms with E-state index in [1.54, 1.807) is 0 Å². The van der Waals surface area contributed by atoms with Gasteiger partial charge in [0.05, 0.1) is 5.54 Å². The van der Waals surface area contributed by atoms with E-state index in [0.29, 0.717) is 11.7 Å². The van der Waals surface area contributed by atoms with Crippen LogP contribution in [-0.2, 0) is 5.54 Å². The van der Waals surface area contributed by atoms with Gasteiger partial charge in [-0.1, -0.05) is 31.8 Å². The van der Waals surface area contributed by atoms with Crippen LogP contribution >= 0.6 is 12.4 Å². The minimum absolute atomic E-state index is 0. The van der Waals surface area contributed by atoms with E-state index in [2.05, 4.69) is 24.0 Å². The molecule has 0 amide bonds. The van der Waals surface area contributed by atoms with E-state index in [0.717, 1.165) is 25.2 Å². The molecule has 0 radical (unpaired) electrons. The lowest BCUT2D eigenvalue weighted by molar-refractivity contribution is 0.335. The highest BCUT2D eigenvalue weighted by atomic mass is 35.5. The van der Waals surface area contributed by atoms with Crippen LogP contribution in [0.3, 0.4) is 0 Å². The molecule has 0 aliphatic heterocycles. The monoisotopic (exact) mass is 245 g/mol. The van der Waals surface area contributed by atoms with Crippen molar-refractivity contribution < 1.29 is 4.52 Å². The third-order valence-corrected chi connectivity index (χ3v) is 3.42. The van der Waals surface area contributed by atoms with Crippen molar-refractivity contribution in [2.45, 2.75) is 57.4 Å². The lowest BCUT2D eigenvalue weighted by Crippen LogP contribution is -2.34. The van der Waals surface area contributed by atoms with Crippen molar-refractivity contribution in [3.63, 3.8) is 0 Å². The van der Waals surface area contributed by atoms with Crippen LogP contribution in [0.2, 0.25) is 0 Å². The van der Waals surface area contributed by atoms with Crippen molar-refractivity contribution in [2.75, 3.05) is 0 Å². The third-order valence-electron chi connectivity index (χ3n) is 3.42. The van der Waals surface area contributed by atoms with Gasteiger partial charge in [-0.15, -0.1) is 12.4 Å². The molecule has 0 saturated heterocycles. The molecule has 1 fully saturated rings. The molecule has 1 aromatic rings. The molecule has 92 valence electrons. The Morgan fingerprint density at radius 2 is 2.06 bits per heavy atom. The SMILES string of the molecule is CCC(C)c1nc(C2(N)CCCC2)no1.Cl. The van der Waals surface area contributed by atoms with E-state index < -0.39 is 0 Å². The summed E-state index contributed by atoms with van der Waals surface area (Å²) in [5.41, 5.74) is 5.93. The molecule has 4 nitrogen and oxygen atoms in total. The van der Waals surface area contributed by atoms with Gasteiger partial charge in [0.15, 0.2) is 5.82 Å². The van der Waals surface area contributed by atoms with Crippen LogP contribution in [0.4, 0.5) is 0 Å². The van der Waals surface area contributed by atoms with Crippen molar-refractivity contribution in [1.29, 1.82) is 0 Å². The van der Waals surface area contributed by atoms with Gasteiger partial charge in [0.2, 0.25) is 5.89 Å². The first kappa shape index (κ1) is 13.5. The van der Waals surface area contributed by atoms with Crippen molar-refractivity contribution in [2.24, 2.45) is 5.73 Å². The number of nitrogens with two attached hydrogens (primary N) is 1. The summed E-state index contributed by atoms with van der Waals surface area (Å²) in [5, 5.41) is 4.03. The quantitative estimate of drug-likeness (QED) is 0.889. The fraction of sp³-hybridized carbons (Fsp3) is 0.818. The summed E-state index contributed by atoms with van der Waals surface area (Å²) in [4.78, 5) is 4.43. The van der Waals surface area contributed by atoms with Gasteiger partial charge < -0.3 is 10.3 Å². The molecule has 0 bridgehead atoms. The summed E-state index contributed by atoms with van der Waals surface area (Å²) in [6.45, 7) is 4.21. The average Bonchev–Trinajstić information content (AvgIpc) is 2.85. The molecule has 2 rings (SSSR count). The van der Waals surface area contributed by atoms with E-state index in [1.807, 2.05) is 0 Å². The predicted octanol–water partition coefficient (Wildman–Crippen LogP) is 2.73. The lowest BCUT2D eigenvalue weighted by atomic mass is 9.98. The number of nitrogens with zero attached hydrogens (tertiary/aromatic N) is 2. The van der Waals surface area contributed by atoms with Crippen LogP contribution in [-0.4, -0.2) is 10.1 Å². The largest absolute Gasteiger partial charge is 0.339 e. The Balaban J connectivity index is 0.00000128. The van der Waals surface area contributed by atoms with Gasteiger partial charge in [0.25, 0.3) is 0 Å². The Kier molecular flexibility index (Phi) is 4.33. The number of hydrogen-bond acceptors (Lipinski definition) is 4. The number of aromatic nitrogens is 2. The summed E-state index contributed by atoms with van der Waals surface area (Å²) in [6, 6.07) is 0. The van der Waals surface area contributed by atoms with Gasteiger partial charge in [-0.25, -0.2) is 0 Å². The number of halogens is 1. The molecule has 1 aromatic heterocycles. The van der Waals surface area contributed by atoms with Gasteiger partial charge in [-0.05, 0) is 19.3 Å². The Bertz CT molecular complexity index is 334. The molecule has 1 saturated carbocycles. The van der Waals surface area contributed by atoms with Crippen LogP contribution in [0.15, 0.2) is 4.52 Å². The minimum Gasteiger partial charge on any atom is -0.339 e. The number of rotatable bonds is 3. The van der Waals surface area contributed by atoms with Crippen LogP contribution in [0.5, 0.6) is 0 Å². The summed E-state index contributed by atoms with van der Waals surface area (Å²) < 4.78 is 5.25. The minimum atomic E-state index is -0.324. The van der Waals surface area contributed by atoms with Gasteiger partial charge in [0, 0.05) is 5.92 Å². The zero-order valence-corrected chi connectivity index (χ0v) is 10.7. The van der Waals surface area contributed by atoms with Crippen molar-refractivity contribution in [3.05, 3.63) is 11.7 Å². The van der Waals surface area contributed by atoms with Gasteiger partial charge in [0.1, 0.15) is 0 Å². The molecule has 2 N–H and O–H groups in total. The summed E-state index contributed by atoms with van der Waals surface area (Å²) in [7, 11) is 0. The molecule has 1 heterocycles. The zero-order chi connectivity index (χ0) is 10.9. The smallest absolute Gasteiger partial charge is 0.229 e. The molecule has 5 heteroatoms. The molecule has 0 spiro atoms. The maximum Gasteiger partial charge on any atom is 0.229 e. The molecule has 1 aliphatic carbocycles. The van der Waals surface area contributed by atoms with E-state index in [-0.39, 0.29) is 17.9 Å². The van der Waals surface area contributed by atoms with E-state index in [9.17, 15) is 0 Å². The topological polar surface area (TPSA) is 64.9 Å². The van der Waals surface area contributed by atoms with Gasteiger partial charge in [-0.3, -0.25) is 0 Å². The second-order valence-corrected chi connectivity index (χ2v) is 4.63.